The molecule has 0 saturated carbocycles. The third kappa shape index (κ3) is 5.64. The van der Waals surface area contributed by atoms with Gasteiger partial charge in [-0.1, -0.05) is 23.7 Å². The van der Waals surface area contributed by atoms with Crippen LogP contribution < -0.4 is 14.4 Å². The average molecular weight is 397 g/mol. The molecule has 0 aliphatic heterocycles. The summed E-state index contributed by atoms with van der Waals surface area (Å²) in [4.78, 5) is 12.0. The van der Waals surface area contributed by atoms with Crippen LogP contribution >= 0.6 is 11.6 Å². The van der Waals surface area contributed by atoms with Crippen molar-refractivity contribution in [3.63, 3.8) is 0 Å². The number of carbonyl (C=O) groups is 1. The Hall–Kier alpha value is -2.25. The number of ether oxygens (including phenoxy) is 1. The zero-order valence-corrected chi connectivity index (χ0v) is 16.3. The number of rotatable bonds is 7. The van der Waals surface area contributed by atoms with E-state index in [4.69, 9.17) is 16.3 Å². The average Bonchev–Trinajstić information content (AvgIpc) is 2.59. The van der Waals surface area contributed by atoms with Crippen LogP contribution in [0.1, 0.15) is 18.5 Å². The van der Waals surface area contributed by atoms with Gasteiger partial charge in [-0.05, 0) is 48.9 Å². The molecule has 0 aliphatic carbocycles. The van der Waals surface area contributed by atoms with Crippen molar-refractivity contribution in [1.29, 1.82) is 0 Å². The van der Waals surface area contributed by atoms with Crippen molar-refractivity contribution in [1.82, 2.24) is 5.32 Å². The number of benzene rings is 2. The third-order valence-electron chi connectivity index (χ3n) is 3.82. The highest BCUT2D eigenvalue weighted by atomic mass is 35.5. The van der Waals surface area contributed by atoms with E-state index >= 15 is 0 Å². The van der Waals surface area contributed by atoms with Crippen LogP contribution in [0.4, 0.5) is 5.69 Å². The van der Waals surface area contributed by atoms with Crippen molar-refractivity contribution >= 4 is 33.2 Å². The summed E-state index contributed by atoms with van der Waals surface area (Å²) in [7, 11) is -1.85. The van der Waals surface area contributed by atoms with Crippen LogP contribution in [-0.2, 0) is 14.8 Å². The highest BCUT2D eigenvalue weighted by molar-refractivity contribution is 7.92. The molecule has 0 bridgehead atoms. The largest absolute Gasteiger partial charge is 0.484 e. The van der Waals surface area contributed by atoms with Crippen LogP contribution in [0, 0.1) is 0 Å². The monoisotopic (exact) mass is 396 g/mol. The molecule has 1 N–H and O–H groups in total. The smallest absolute Gasteiger partial charge is 0.258 e. The summed E-state index contributed by atoms with van der Waals surface area (Å²) in [6, 6.07) is 13.5. The number of hydrogen-bond donors (Lipinski definition) is 1. The van der Waals surface area contributed by atoms with Crippen LogP contribution in [-0.4, -0.2) is 34.2 Å². The zero-order valence-electron chi connectivity index (χ0n) is 14.8. The maximum Gasteiger partial charge on any atom is 0.258 e. The lowest BCUT2D eigenvalue weighted by Crippen LogP contribution is -2.31. The molecule has 0 fully saturated rings. The lowest BCUT2D eigenvalue weighted by atomic mass is 10.1. The Balaban J connectivity index is 1.88. The highest BCUT2D eigenvalue weighted by Gasteiger charge is 2.13. The summed E-state index contributed by atoms with van der Waals surface area (Å²) in [5, 5.41) is 3.48. The minimum absolute atomic E-state index is 0.140. The number of sulfonamides is 1. The lowest BCUT2D eigenvalue weighted by molar-refractivity contribution is -0.123. The van der Waals surface area contributed by atoms with Gasteiger partial charge in [0.25, 0.3) is 5.91 Å². The van der Waals surface area contributed by atoms with E-state index in [1.165, 1.54) is 7.05 Å². The van der Waals surface area contributed by atoms with E-state index in [-0.39, 0.29) is 18.6 Å². The first-order chi connectivity index (χ1) is 12.2. The molecule has 2 aromatic carbocycles. The van der Waals surface area contributed by atoms with Crippen molar-refractivity contribution in [3.05, 3.63) is 59.1 Å². The molecule has 1 atom stereocenters. The fourth-order valence-electron chi connectivity index (χ4n) is 2.21. The van der Waals surface area contributed by atoms with Gasteiger partial charge in [-0.3, -0.25) is 9.10 Å². The number of nitrogens with zero attached hydrogens (tertiary/aromatic N) is 1. The summed E-state index contributed by atoms with van der Waals surface area (Å²) >= 11 is 5.85. The summed E-state index contributed by atoms with van der Waals surface area (Å²) in [6.07, 6.45) is 1.13. The van der Waals surface area contributed by atoms with Crippen LogP contribution in [0.15, 0.2) is 48.5 Å². The van der Waals surface area contributed by atoms with Gasteiger partial charge in [-0.25, -0.2) is 8.42 Å². The van der Waals surface area contributed by atoms with Crippen molar-refractivity contribution in [2.24, 2.45) is 0 Å². The van der Waals surface area contributed by atoms with Gasteiger partial charge in [0, 0.05) is 12.1 Å². The van der Waals surface area contributed by atoms with Crippen LogP contribution in [0.25, 0.3) is 0 Å². The molecule has 140 valence electrons. The fourth-order valence-corrected chi connectivity index (χ4v) is 2.84. The highest BCUT2D eigenvalue weighted by Crippen LogP contribution is 2.20. The first-order valence-corrected chi connectivity index (χ1v) is 10.1. The molecule has 0 radical (unpaired) electrons. The zero-order chi connectivity index (χ0) is 19.3. The molecular weight excluding hydrogens is 376 g/mol. The normalized spacial score (nSPS) is 12.3. The predicted molar refractivity (Wildman–Crippen MR) is 103 cm³/mol. The van der Waals surface area contributed by atoms with E-state index in [1.807, 2.05) is 19.1 Å². The molecule has 1 amide bonds. The molecule has 0 aliphatic rings. The molecule has 26 heavy (non-hydrogen) atoms. The Morgan fingerprint density at radius 1 is 1.15 bits per heavy atom. The summed E-state index contributed by atoms with van der Waals surface area (Å²) in [5.41, 5.74) is 1.46. The maximum absolute atomic E-state index is 12.0. The van der Waals surface area contributed by atoms with Crippen LogP contribution in [0.2, 0.25) is 5.02 Å². The summed E-state index contributed by atoms with van der Waals surface area (Å²) in [5.74, 6) is 0.217. The Bertz CT molecular complexity index is 852. The van der Waals surface area contributed by atoms with Gasteiger partial charge >= 0.3 is 0 Å². The van der Waals surface area contributed by atoms with Crippen molar-refractivity contribution in [2.75, 3.05) is 24.2 Å². The second-order valence-corrected chi connectivity index (χ2v) is 8.30. The minimum Gasteiger partial charge on any atom is -0.484 e. The van der Waals surface area contributed by atoms with Crippen LogP contribution in [0.3, 0.4) is 0 Å². The van der Waals surface area contributed by atoms with E-state index in [0.29, 0.717) is 16.5 Å². The van der Waals surface area contributed by atoms with Crippen molar-refractivity contribution in [3.8, 4) is 5.75 Å². The van der Waals surface area contributed by atoms with Gasteiger partial charge in [0.15, 0.2) is 6.61 Å². The molecule has 0 heterocycles. The maximum atomic E-state index is 12.0. The molecule has 2 rings (SSSR count). The van der Waals surface area contributed by atoms with Gasteiger partial charge in [0.05, 0.1) is 18.0 Å². The standard InChI is InChI=1S/C18H21ClN2O4S/c1-13(14-4-6-15(19)7-5-14)20-18(22)12-25-17-10-8-16(9-11-17)21(2)26(3,23)24/h4-11,13H,12H2,1-3H3,(H,20,22)/t13-/m1/s1. The molecule has 6 nitrogen and oxygen atoms in total. The molecule has 0 saturated heterocycles. The quantitative estimate of drug-likeness (QED) is 0.780. The van der Waals surface area contributed by atoms with Crippen molar-refractivity contribution in [2.45, 2.75) is 13.0 Å². The first-order valence-electron chi connectivity index (χ1n) is 7.88. The number of anilines is 1. The van der Waals surface area contributed by atoms with Gasteiger partial charge in [-0.2, -0.15) is 0 Å². The van der Waals surface area contributed by atoms with Crippen molar-refractivity contribution < 1.29 is 17.9 Å². The Morgan fingerprint density at radius 3 is 2.27 bits per heavy atom. The third-order valence-corrected chi connectivity index (χ3v) is 5.27. The van der Waals surface area contributed by atoms with E-state index in [2.05, 4.69) is 5.32 Å². The molecule has 8 heteroatoms. The Morgan fingerprint density at radius 2 is 1.73 bits per heavy atom. The number of halogens is 1. The van der Waals surface area contributed by atoms with E-state index < -0.39 is 10.0 Å². The second-order valence-electron chi connectivity index (χ2n) is 5.85. The molecular formula is C18H21ClN2O4S. The van der Waals surface area contributed by atoms with E-state index in [9.17, 15) is 13.2 Å². The topological polar surface area (TPSA) is 75.7 Å². The van der Waals surface area contributed by atoms with Gasteiger partial charge in [-0.15, -0.1) is 0 Å². The number of carbonyl (C=O) groups excluding carboxylic acids is 1. The number of amides is 1. The summed E-state index contributed by atoms with van der Waals surface area (Å²) in [6.45, 7) is 1.73. The predicted octanol–water partition coefficient (Wildman–Crippen LogP) is 2.99. The number of hydrogen-bond acceptors (Lipinski definition) is 4. The molecule has 0 aromatic heterocycles. The SMILES string of the molecule is C[C@@H](NC(=O)COc1ccc(N(C)S(C)(=O)=O)cc1)c1ccc(Cl)cc1. The Labute approximate surface area is 158 Å². The van der Waals surface area contributed by atoms with Gasteiger partial charge < -0.3 is 10.1 Å². The Kier molecular flexibility index (Phi) is 6.50. The van der Waals surface area contributed by atoms with Gasteiger partial charge in [0.1, 0.15) is 5.75 Å². The summed E-state index contributed by atoms with van der Waals surface area (Å²) < 4.78 is 29.6. The number of nitrogens with one attached hydrogen (secondary N) is 1. The first kappa shape index (κ1) is 20.1. The minimum atomic E-state index is -3.32. The molecule has 0 spiro atoms. The lowest BCUT2D eigenvalue weighted by Gasteiger charge is -2.17. The molecule has 2 aromatic rings. The van der Waals surface area contributed by atoms with E-state index in [1.54, 1.807) is 36.4 Å². The van der Waals surface area contributed by atoms with Gasteiger partial charge in [0.2, 0.25) is 10.0 Å². The fraction of sp³-hybridized carbons (Fsp3) is 0.278. The molecule has 0 unspecified atom stereocenters. The van der Waals surface area contributed by atoms with Crippen LogP contribution in [0.5, 0.6) is 5.75 Å². The second kappa shape index (κ2) is 8.42. The van der Waals surface area contributed by atoms with E-state index in [0.717, 1.165) is 16.1 Å².